The predicted molar refractivity (Wildman–Crippen MR) is 81.0 cm³/mol. The highest BCUT2D eigenvalue weighted by atomic mass is 28.1. The number of hydrogen-bond donors (Lipinski definition) is 5. The minimum absolute atomic E-state index is 0.763. The Bertz CT molecular complexity index is 211. The molecule has 122 valence electrons. The van der Waals surface area contributed by atoms with Crippen LogP contribution in [0.4, 0.5) is 0 Å². The molecule has 0 aliphatic carbocycles. The number of carboxylic acids is 3. The topological polar surface area (TPSA) is 150 Å². The molecule has 0 aliphatic heterocycles. The standard InChI is InChI=1S/C5H16N2Si.3C2H4O2/c1-2-5(8)7-4-3-6;3*1-2(3)4/h5,7H,2-4,6H2,1,8H3;3*1H3,(H,3,4). The Labute approximate surface area is 122 Å². The van der Waals surface area contributed by atoms with Gasteiger partial charge in [0, 0.05) is 44.1 Å². The summed E-state index contributed by atoms with van der Waals surface area (Å²) in [6, 6.07) is 0. The molecule has 20 heavy (non-hydrogen) atoms. The van der Waals surface area contributed by atoms with E-state index < -0.39 is 17.9 Å². The predicted octanol–water partition coefficient (Wildman–Crippen LogP) is -1.09. The lowest BCUT2D eigenvalue weighted by Crippen LogP contribution is -2.32. The highest BCUT2D eigenvalue weighted by molar-refractivity contribution is 6.11. The molecule has 0 saturated heterocycles. The maximum Gasteiger partial charge on any atom is 0.300 e. The van der Waals surface area contributed by atoms with Crippen molar-refractivity contribution in [2.45, 2.75) is 39.8 Å². The maximum atomic E-state index is 9.00. The van der Waals surface area contributed by atoms with E-state index >= 15 is 0 Å². The second-order valence-electron chi connectivity index (χ2n) is 3.61. The molecule has 0 aromatic rings. The first kappa shape index (κ1) is 27.0. The average molecular weight is 312 g/mol. The lowest BCUT2D eigenvalue weighted by Gasteiger charge is -2.08. The molecule has 9 heteroatoms. The van der Waals surface area contributed by atoms with Crippen LogP contribution in [0.15, 0.2) is 0 Å². The smallest absolute Gasteiger partial charge is 0.300 e. The molecule has 0 fully saturated rings. The average Bonchev–Trinajstić information content (AvgIpc) is 2.23. The van der Waals surface area contributed by atoms with Gasteiger partial charge in [0.1, 0.15) is 0 Å². The van der Waals surface area contributed by atoms with Gasteiger partial charge in [-0.05, 0) is 12.1 Å². The largest absolute Gasteiger partial charge is 0.481 e. The SMILES string of the molecule is CC(=O)O.CC(=O)O.CC(=O)O.CCC([SiH3])NCCN. The van der Waals surface area contributed by atoms with Crippen LogP contribution in [0, 0.1) is 0 Å². The Morgan fingerprint density at radius 1 is 1.05 bits per heavy atom. The molecule has 8 nitrogen and oxygen atoms in total. The maximum absolute atomic E-state index is 9.00. The summed E-state index contributed by atoms with van der Waals surface area (Å²) in [7, 11) is 1.24. The number of nitrogens with two attached hydrogens (primary N) is 1. The van der Waals surface area contributed by atoms with Crippen LogP contribution in [0.25, 0.3) is 0 Å². The summed E-state index contributed by atoms with van der Waals surface area (Å²) in [6.45, 7) is 7.18. The third kappa shape index (κ3) is 193. The zero-order valence-electron chi connectivity index (χ0n) is 12.8. The molecule has 0 rings (SSSR count). The first-order chi connectivity index (χ1) is 9.00. The molecule has 1 unspecified atom stereocenters. The molecule has 0 aliphatic rings. The molecule has 1 atom stereocenters. The van der Waals surface area contributed by atoms with Crippen LogP contribution in [0.1, 0.15) is 34.1 Å². The van der Waals surface area contributed by atoms with E-state index in [1.807, 2.05) is 0 Å². The van der Waals surface area contributed by atoms with Gasteiger partial charge < -0.3 is 26.4 Å². The van der Waals surface area contributed by atoms with Crippen LogP contribution in [0.2, 0.25) is 0 Å². The van der Waals surface area contributed by atoms with Crippen LogP contribution < -0.4 is 11.1 Å². The number of carboxylic acid groups (broad SMARTS) is 3. The molecule has 0 amide bonds. The number of hydrogen-bond acceptors (Lipinski definition) is 5. The molecule has 0 spiro atoms. The fourth-order valence-electron chi connectivity index (χ4n) is 0.474. The molecule has 0 aromatic heterocycles. The quantitative estimate of drug-likeness (QED) is 0.411. The molecule has 6 N–H and O–H groups in total. The van der Waals surface area contributed by atoms with Gasteiger partial charge in [-0.3, -0.25) is 14.4 Å². The van der Waals surface area contributed by atoms with Crippen molar-refractivity contribution in [1.82, 2.24) is 5.32 Å². The van der Waals surface area contributed by atoms with Crippen LogP contribution in [-0.4, -0.2) is 62.2 Å². The van der Waals surface area contributed by atoms with Crippen molar-refractivity contribution in [3.63, 3.8) is 0 Å². The third-order valence-corrected chi connectivity index (χ3v) is 2.47. The number of carbonyl (C=O) groups is 3. The monoisotopic (exact) mass is 312 g/mol. The summed E-state index contributed by atoms with van der Waals surface area (Å²) >= 11 is 0. The van der Waals surface area contributed by atoms with Crippen molar-refractivity contribution < 1.29 is 29.7 Å². The van der Waals surface area contributed by atoms with E-state index in [1.54, 1.807) is 0 Å². The Morgan fingerprint density at radius 3 is 1.45 bits per heavy atom. The van der Waals surface area contributed by atoms with E-state index in [1.165, 1.54) is 16.7 Å². The van der Waals surface area contributed by atoms with Crippen molar-refractivity contribution in [3.05, 3.63) is 0 Å². The number of rotatable bonds is 4. The fourth-order valence-corrected chi connectivity index (χ4v) is 0.763. The van der Waals surface area contributed by atoms with Crippen molar-refractivity contribution in [3.8, 4) is 0 Å². The molecular formula is C11H28N2O6Si. The molecular weight excluding hydrogens is 284 g/mol. The zero-order valence-corrected chi connectivity index (χ0v) is 14.8. The van der Waals surface area contributed by atoms with Gasteiger partial charge in [0.25, 0.3) is 17.9 Å². The van der Waals surface area contributed by atoms with Crippen molar-refractivity contribution in [2.24, 2.45) is 5.73 Å². The third-order valence-electron chi connectivity index (χ3n) is 1.25. The number of aliphatic carboxylic acids is 3. The molecule has 0 aromatic carbocycles. The van der Waals surface area contributed by atoms with Crippen molar-refractivity contribution in [1.29, 1.82) is 0 Å². The summed E-state index contributed by atoms with van der Waals surface area (Å²) in [5.74, 6) is -2.50. The normalized spacial score (nSPS) is 9.45. The van der Waals surface area contributed by atoms with E-state index in [2.05, 4.69) is 12.2 Å². The number of nitrogens with one attached hydrogen (secondary N) is 1. The minimum atomic E-state index is -0.833. The van der Waals surface area contributed by atoms with Gasteiger partial charge in [-0.15, -0.1) is 0 Å². The molecule has 0 heterocycles. The zero-order chi connectivity index (χ0) is 17.1. The summed E-state index contributed by atoms with van der Waals surface area (Å²) in [5, 5.41) is 25.6. The summed E-state index contributed by atoms with van der Waals surface area (Å²) in [4.78, 5) is 27.0. The Kier molecular flexibility index (Phi) is 30.6. The van der Waals surface area contributed by atoms with E-state index in [0.717, 1.165) is 39.5 Å². The first-order valence-corrected chi connectivity index (χ1v) is 7.18. The van der Waals surface area contributed by atoms with Crippen molar-refractivity contribution >= 4 is 28.2 Å². The van der Waals surface area contributed by atoms with Gasteiger partial charge in [-0.1, -0.05) is 6.92 Å². The minimum Gasteiger partial charge on any atom is -0.481 e. The van der Waals surface area contributed by atoms with Gasteiger partial charge in [-0.2, -0.15) is 0 Å². The summed E-state index contributed by atoms with van der Waals surface area (Å²) in [6.07, 6.45) is 1.24. The van der Waals surface area contributed by atoms with E-state index in [9.17, 15) is 0 Å². The van der Waals surface area contributed by atoms with E-state index in [0.29, 0.717) is 0 Å². The highest BCUT2D eigenvalue weighted by Gasteiger charge is 1.92. The lowest BCUT2D eigenvalue weighted by atomic mass is 10.4. The van der Waals surface area contributed by atoms with Gasteiger partial charge >= 0.3 is 0 Å². The first-order valence-electron chi connectivity index (χ1n) is 6.03. The second kappa shape index (κ2) is 22.7. The van der Waals surface area contributed by atoms with Crippen LogP contribution in [-0.2, 0) is 14.4 Å². The van der Waals surface area contributed by atoms with E-state index in [4.69, 9.17) is 35.4 Å². The van der Waals surface area contributed by atoms with Gasteiger partial charge in [-0.25, -0.2) is 0 Å². The summed E-state index contributed by atoms with van der Waals surface area (Å²) in [5.41, 5.74) is 6.05. The molecule has 0 bridgehead atoms. The molecule has 0 saturated carbocycles. The Hall–Kier alpha value is -1.45. The van der Waals surface area contributed by atoms with Gasteiger partial charge in [0.05, 0.1) is 0 Å². The highest BCUT2D eigenvalue weighted by Crippen LogP contribution is 1.79. The van der Waals surface area contributed by atoms with Gasteiger partial charge in [0.15, 0.2) is 0 Å². The molecule has 0 radical (unpaired) electrons. The summed E-state index contributed by atoms with van der Waals surface area (Å²) < 4.78 is 0. The fraction of sp³-hybridized carbons (Fsp3) is 0.727. The van der Waals surface area contributed by atoms with E-state index in [-0.39, 0.29) is 0 Å². The Balaban J connectivity index is -0.0000000917. The van der Waals surface area contributed by atoms with Crippen LogP contribution in [0.3, 0.4) is 0 Å². The van der Waals surface area contributed by atoms with Crippen LogP contribution >= 0.6 is 0 Å². The van der Waals surface area contributed by atoms with Crippen molar-refractivity contribution in [2.75, 3.05) is 13.1 Å². The second-order valence-corrected chi connectivity index (χ2v) is 5.00. The van der Waals surface area contributed by atoms with Crippen LogP contribution in [0.5, 0.6) is 0 Å². The Morgan fingerprint density at radius 2 is 1.30 bits per heavy atom. The lowest BCUT2D eigenvalue weighted by molar-refractivity contribution is -0.135. The van der Waals surface area contributed by atoms with Gasteiger partial charge in [0.2, 0.25) is 0 Å².